The van der Waals surface area contributed by atoms with Gasteiger partial charge in [0.25, 0.3) is 0 Å². The van der Waals surface area contributed by atoms with Crippen molar-refractivity contribution in [1.29, 1.82) is 0 Å². The predicted molar refractivity (Wildman–Crippen MR) is 85.4 cm³/mol. The Balaban J connectivity index is 2.43. The summed E-state index contributed by atoms with van der Waals surface area (Å²) < 4.78 is 67.8. The van der Waals surface area contributed by atoms with Gasteiger partial charge in [0.15, 0.2) is 5.71 Å². The van der Waals surface area contributed by atoms with Gasteiger partial charge in [0, 0.05) is 5.56 Å². The molecule has 1 N–H and O–H groups in total. The van der Waals surface area contributed by atoms with Crippen molar-refractivity contribution in [2.45, 2.75) is 18.0 Å². The van der Waals surface area contributed by atoms with Gasteiger partial charge in [-0.2, -0.15) is 21.6 Å². The van der Waals surface area contributed by atoms with E-state index in [9.17, 15) is 26.4 Å². The molecule has 0 aliphatic heterocycles. The third-order valence-corrected chi connectivity index (χ3v) is 4.31. The first-order valence-corrected chi connectivity index (χ1v) is 8.41. The highest BCUT2D eigenvalue weighted by Gasteiger charge is 2.38. The number of carbonyl (C=O) groups is 1. The van der Waals surface area contributed by atoms with Gasteiger partial charge < -0.3 is 5.11 Å². The molecule has 2 aromatic rings. The zero-order chi connectivity index (χ0) is 19.5. The Hall–Kier alpha value is -2.88. The lowest BCUT2D eigenvalue weighted by atomic mass is 10.1. The maximum Gasteiger partial charge on any atom is 0.437 e. The number of hydrogen-bond acceptors (Lipinski definition) is 5. The minimum Gasteiger partial charge on any atom is -0.478 e. The van der Waals surface area contributed by atoms with Crippen molar-refractivity contribution in [3.63, 3.8) is 0 Å². The molecule has 0 bridgehead atoms. The van der Waals surface area contributed by atoms with Crippen LogP contribution in [0, 0.1) is 6.92 Å². The minimum atomic E-state index is -5.07. The second-order valence-electron chi connectivity index (χ2n) is 5.17. The third kappa shape index (κ3) is 4.60. The fourth-order valence-electron chi connectivity index (χ4n) is 1.90. The van der Waals surface area contributed by atoms with Crippen molar-refractivity contribution in [3.8, 4) is 0 Å². The summed E-state index contributed by atoms with van der Waals surface area (Å²) in [6, 6.07) is 9.05. The van der Waals surface area contributed by atoms with Crippen molar-refractivity contribution in [2.24, 2.45) is 5.16 Å². The SMILES string of the molecule is Cc1ccc(S(=O)(=O)O/N=C(\c2cccc(C(=O)O)c2)C(F)(F)F)cc1. The number of aryl methyl sites for hydroxylation is 1. The normalized spacial score (nSPS) is 12.7. The highest BCUT2D eigenvalue weighted by molar-refractivity contribution is 7.86. The minimum absolute atomic E-state index is 0.368. The van der Waals surface area contributed by atoms with Crippen LogP contribution in [0.3, 0.4) is 0 Å². The molecular weight excluding hydrogens is 375 g/mol. The van der Waals surface area contributed by atoms with Gasteiger partial charge in [-0.3, -0.25) is 4.28 Å². The van der Waals surface area contributed by atoms with Crippen molar-refractivity contribution >= 4 is 21.8 Å². The number of benzene rings is 2. The van der Waals surface area contributed by atoms with E-state index in [0.717, 1.165) is 29.8 Å². The van der Waals surface area contributed by atoms with E-state index in [1.54, 1.807) is 6.92 Å². The molecule has 0 unspecified atom stereocenters. The molecule has 138 valence electrons. The standard InChI is InChI=1S/C16H12F3NO5S/c1-10-5-7-13(8-6-10)26(23,24)25-20-14(16(17,18)19)11-3-2-4-12(9-11)15(21)22/h2-9H,1H3,(H,21,22)/b20-14+. The van der Waals surface area contributed by atoms with Gasteiger partial charge in [0.1, 0.15) is 4.90 Å². The Morgan fingerprint density at radius 3 is 2.19 bits per heavy atom. The summed E-state index contributed by atoms with van der Waals surface area (Å²) in [6.07, 6.45) is -5.07. The topological polar surface area (TPSA) is 93.0 Å². The van der Waals surface area contributed by atoms with Crippen LogP contribution in [0.25, 0.3) is 0 Å². The summed E-state index contributed by atoms with van der Waals surface area (Å²) in [7, 11) is -4.57. The lowest BCUT2D eigenvalue weighted by Gasteiger charge is -2.11. The first kappa shape index (κ1) is 19.4. The first-order valence-electron chi connectivity index (χ1n) is 7.00. The van der Waals surface area contributed by atoms with Crippen LogP contribution in [-0.2, 0) is 14.4 Å². The largest absolute Gasteiger partial charge is 0.478 e. The molecule has 0 aliphatic rings. The summed E-state index contributed by atoms with van der Waals surface area (Å²) in [5, 5.41) is 11.6. The van der Waals surface area contributed by atoms with Crippen molar-refractivity contribution in [1.82, 2.24) is 0 Å². The van der Waals surface area contributed by atoms with Crippen LogP contribution >= 0.6 is 0 Å². The lowest BCUT2D eigenvalue weighted by molar-refractivity contribution is -0.0597. The maximum absolute atomic E-state index is 13.2. The highest BCUT2D eigenvalue weighted by Crippen LogP contribution is 2.24. The quantitative estimate of drug-likeness (QED) is 0.627. The Bertz CT molecular complexity index is 951. The van der Waals surface area contributed by atoms with Crippen LogP contribution in [0.2, 0.25) is 0 Å². The van der Waals surface area contributed by atoms with Crippen LogP contribution in [0.1, 0.15) is 21.5 Å². The van der Waals surface area contributed by atoms with Crippen LogP contribution in [-0.4, -0.2) is 31.4 Å². The van der Waals surface area contributed by atoms with E-state index in [0.29, 0.717) is 0 Å². The first-order chi connectivity index (χ1) is 12.0. The van der Waals surface area contributed by atoms with Gasteiger partial charge >= 0.3 is 22.3 Å². The van der Waals surface area contributed by atoms with E-state index >= 15 is 0 Å². The summed E-state index contributed by atoms with van der Waals surface area (Å²) >= 11 is 0. The molecule has 0 spiro atoms. The van der Waals surface area contributed by atoms with Crippen molar-refractivity contribution < 1.29 is 35.8 Å². The Kier molecular flexibility index (Phi) is 5.36. The number of halogens is 3. The number of carboxylic acids is 1. The smallest absolute Gasteiger partial charge is 0.437 e. The third-order valence-electron chi connectivity index (χ3n) is 3.19. The van der Waals surface area contributed by atoms with E-state index in [2.05, 4.69) is 9.44 Å². The molecule has 2 rings (SSSR count). The number of aromatic carboxylic acids is 1. The lowest BCUT2D eigenvalue weighted by Crippen LogP contribution is -2.25. The average molecular weight is 387 g/mol. The molecule has 2 aromatic carbocycles. The predicted octanol–water partition coefficient (Wildman–Crippen LogP) is 3.37. The molecular formula is C16H12F3NO5S. The van der Waals surface area contributed by atoms with E-state index in [1.807, 2.05) is 0 Å². The van der Waals surface area contributed by atoms with E-state index < -0.39 is 39.1 Å². The highest BCUT2D eigenvalue weighted by atomic mass is 32.2. The zero-order valence-electron chi connectivity index (χ0n) is 13.2. The van der Waals surface area contributed by atoms with Crippen molar-refractivity contribution in [3.05, 3.63) is 65.2 Å². The number of oxime groups is 1. The Morgan fingerprint density at radius 2 is 1.65 bits per heavy atom. The monoisotopic (exact) mass is 387 g/mol. The molecule has 0 saturated heterocycles. The van der Waals surface area contributed by atoms with E-state index in [-0.39, 0.29) is 4.90 Å². The van der Waals surface area contributed by atoms with Crippen LogP contribution in [0.5, 0.6) is 0 Å². The van der Waals surface area contributed by atoms with Crippen LogP contribution in [0.4, 0.5) is 13.2 Å². The molecule has 0 atom stereocenters. The number of hydrogen-bond donors (Lipinski definition) is 1. The molecule has 0 aromatic heterocycles. The average Bonchev–Trinajstić information content (AvgIpc) is 2.54. The molecule has 0 saturated carbocycles. The zero-order valence-corrected chi connectivity index (χ0v) is 14.0. The molecule has 0 heterocycles. The fraction of sp³-hybridized carbons (Fsp3) is 0.125. The van der Waals surface area contributed by atoms with Gasteiger partial charge in [-0.05, 0) is 31.2 Å². The van der Waals surface area contributed by atoms with Gasteiger partial charge in [0.05, 0.1) is 5.56 Å². The Morgan fingerprint density at radius 1 is 1.08 bits per heavy atom. The van der Waals surface area contributed by atoms with E-state index in [4.69, 9.17) is 5.11 Å². The van der Waals surface area contributed by atoms with Gasteiger partial charge in [-0.1, -0.05) is 35.0 Å². The summed E-state index contributed by atoms with van der Waals surface area (Å²) in [6.45, 7) is 1.70. The molecule has 10 heteroatoms. The Labute approximate surface area is 146 Å². The molecule has 0 aliphatic carbocycles. The number of carboxylic acid groups (broad SMARTS) is 1. The molecule has 6 nitrogen and oxygen atoms in total. The summed E-state index contributed by atoms with van der Waals surface area (Å²) in [4.78, 5) is 10.5. The second-order valence-corrected chi connectivity index (χ2v) is 6.69. The maximum atomic E-state index is 13.2. The fourth-order valence-corrected chi connectivity index (χ4v) is 2.63. The number of alkyl halides is 3. The summed E-state index contributed by atoms with van der Waals surface area (Å²) in [5.41, 5.74) is -1.98. The van der Waals surface area contributed by atoms with Gasteiger partial charge in [0.2, 0.25) is 0 Å². The van der Waals surface area contributed by atoms with Gasteiger partial charge in [-0.25, -0.2) is 4.79 Å². The molecule has 26 heavy (non-hydrogen) atoms. The summed E-state index contributed by atoms with van der Waals surface area (Å²) in [5.74, 6) is -1.44. The molecule has 0 radical (unpaired) electrons. The van der Waals surface area contributed by atoms with Crippen LogP contribution in [0.15, 0.2) is 58.6 Å². The van der Waals surface area contributed by atoms with Crippen molar-refractivity contribution in [2.75, 3.05) is 0 Å². The second kappa shape index (κ2) is 7.16. The van der Waals surface area contributed by atoms with Crippen LogP contribution < -0.4 is 0 Å². The van der Waals surface area contributed by atoms with Gasteiger partial charge in [-0.15, -0.1) is 0 Å². The number of nitrogens with zero attached hydrogens (tertiary/aromatic N) is 1. The number of rotatable bonds is 5. The molecule has 0 fully saturated rings. The molecule has 0 amide bonds. The van der Waals surface area contributed by atoms with E-state index in [1.165, 1.54) is 24.3 Å².